The zero-order valence-corrected chi connectivity index (χ0v) is 17.4. The van der Waals surface area contributed by atoms with Crippen LogP contribution in [0.4, 0.5) is 4.79 Å². The fourth-order valence-corrected chi connectivity index (χ4v) is 4.52. The second-order valence-corrected chi connectivity index (χ2v) is 9.39. The van der Waals surface area contributed by atoms with Gasteiger partial charge in [-0.2, -0.15) is 0 Å². The second-order valence-electron chi connectivity index (χ2n) is 9.39. The van der Waals surface area contributed by atoms with Crippen LogP contribution in [0, 0.1) is 0 Å². The summed E-state index contributed by atoms with van der Waals surface area (Å²) in [7, 11) is -0.314. The molecule has 0 unspecified atom stereocenters. The first kappa shape index (κ1) is 19.7. The Hall–Kier alpha value is -1.57. The molecule has 1 aliphatic carbocycles. The van der Waals surface area contributed by atoms with E-state index in [0.29, 0.717) is 6.04 Å². The van der Waals surface area contributed by atoms with Crippen LogP contribution in [0.2, 0.25) is 0 Å². The number of fused-ring (bicyclic) bond motifs is 1. The number of nitrogens with zero attached hydrogens (tertiary/aromatic N) is 1. The highest BCUT2D eigenvalue weighted by atomic mass is 16.7. The highest BCUT2D eigenvalue weighted by Crippen LogP contribution is 2.37. The van der Waals surface area contributed by atoms with E-state index >= 15 is 0 Å². The van der Waals surface area contributed by atoms with Crippen molar-refractivity contribution in [3.05, 3.63) is 29.3 Å². The number of hydrogen-bond donors (Lipinski definition) is 1. The van der Waals surface area contributed by atoms with E-state index in [-0.39, 0.29) is 24.4 Å². The molecule has 1 amide bonds. The first-order valence-electron chi connectivity index (χ1n) is 10.3. The van der Waals surface area contributed by atoms with Crippen LogP contribution in [0.3, 0.4) is 0 Å². The molecule has 0 atom stereocenters. The molecule has 0 radical (unpaired) electrons. The van der Waals surface area contributed by atoms with E-state index in [9.17, 15) is 4.79 Å². The van der Waals surface area contributed by atoms with Gasteiger partial charge in [0.15, 0.2) is 0 Å². The molecule has 1 aromatic carbocycles. The minimum absolute atomic E-state index is 0.0197. The Morgan fingerprint density at radius 2 is 1.68 bits per heavy atom. The molecule has 1 saturated carbocycles. The average molecular weight is 386 g/mol. The summed E-state index contributed by atoms with van der Waals surface area (Å²) in [6.45, 7) is 10.3. The third-order valence-electron chi connectivity index (χ3n) is 6.95. The first-order valence-corrected chi connectivity index (χ1v) is 10.3. The molecule has 0 aromatic heterocycles. The van der Waals surface area contributed by atoms with Gasteiger partial charge in [0.1, 0.15) is 6.10 Å². The van der Waals surface area contributed by atoms with Crippen LogP contribution in [0.1, 0.15) is 64.5 Å². The zero-order valence-electron chi connectivity index (χ0n) is 17.4. The van der Waals surface area contributed by atoms with Crippen LogP contribution in [-0.4, -0.2) is 41.5 Å². The van der Waals surface area contributed by atoms with Gasteiger partial charge in [0.2, 0.25) is 0 Å². The molecular weight excluding hydrogens is 355 g/mol. The molecule has 2 N–H and O–H groups in total. The van der Waals surface area contributed by atoms with Crippen LogP contribution < -0.4 is 11.2 Å². The molecule has 1 aromatic rings. The molecule has 3 aliphatic rings. The van der Waals surface area contributed by atoms with Crippen LogP contribution in [-0.2, 0) is 27.1 Å². The molecule has 1 saturated heterocycles. The summed E-state index contributed by atoms with van der Waals surface area (Å²) in [6.07, 6.45) is 3.17. The maximum Gasteiger partial charge on any atom is 0.494 e. The Bertz CT molecular complexity index is 743. The number of nitrogens with two attached hydrogens (primary N) is 1. The fourth-order valence-electron chi connectivity index (χ4n) is 4.52. The lowest BCUT2D eigenvalue weighted by Gasteiger charge is -2.33. The van der Waals surface area contributed by atoms with Crippen molar-refractivity contribution < 1.29 is 18.8 Å². The van der Waals surface area contributed by atoms with Gasteiger partial charge < -0.3 is 19.8 Å². The number of amides is 1. The summed E-state index contributed by atoms with van der Waals surface area (Å²) in [5.41, 5.74) is 8.34. The summed E-state index contributed by atoms with van der Waals surface area (Å²) in [5.74, 6) is 0. The predicted octanol–water partition coefficient (Wildman–Crippen LogP) is 2.71. The quantitative estimate of drug-likeness (QED) is 0.809. The first-order chi connectivity index (χ1) is 13.1. The van der Waals surface area contributed by atoms with E-state index in [2.05, 4.69) is 50.8 Å². The molecule has 6 nitrogen and oxygen atoms in total. The minimum atomic E-state index is -0.660. The monoisotopic (exact) mass is 386 g/mol. The Kier molecular flexibility index (Phi) is 4.96. The second kappa shape index (κ2) is 7.04. The number of ether oxygens (including phenoxy) is 1. The van der Waals surface area contributed by atoms with Gasteiger partial charge in [0.25, 0.3) is 0 Å². The van der Waals surface area contributed by atoms with Crippen molar-refractivity contribution in [1.29, 1.82) is 0 Å². The molecular formula is C21H31BN2O4. The molecule has 0 spiro atoms. The summed E-state index contributed by atoms with van der Waals surface area (Å²) in [4.78, 5) is 13.5. The van der Waals surface area contributed by atoms with Crippen LogP contribution in [0.15, 0.2) is 18.2 Å². The van der Waals surface area contributed by atoms with E-state index in [4.69, 9.17) is 19.8 Å². The largest absolute Gasteiger partial charge is 0.494 e. The van der Waals surface area contributed by atoms with E-state index in [1.54, 1.807) is 0 Å². The standard InChI is InChI=1S/C21H31BN2O4/c1-20(2)21(3,4)28-22(27-20)16-6-5-14-12-24(13-15(14)11-16)17-7-9-18(10-8-17)26-19(23)25/h5-6,11,17-18H,7-10,12-13H2,1-4H3,(H2,23,25). The minimum Gasteiger partial charge on any atom is -0.446 e. The predicted molar refractivity (Wildman–Crippen MR) is 108 cm³/mol. The van der Waals surface area contributed by atoms with Crippen LogP contribution >= 0.6 is 0 Å². The van der Waals surface area contributed by atoms with Crippen molar-refractivity contribution in [2.75, 3.05) is 0 Å². The van der Waals surface area contributed by atoms with Gasteiger partial charge in [-0.15, -0.1) is 0 Å². The third-order valence-corrected chi connectivity index (χ3v) is 6.95. The molecule has 7 heteroatoms. The lowest BCUT2D eigenvalue weighted by Crippen LogP contribution is -2.41. The smallest absolute Gasteiger partial charge is 0.446 e. The number of carbonyl (C=O) groups is 1. The van der Waals surface area contributed by atoms with Gasteiger partial charge in [-0.25, -0.2) is 4.79 Å². The van der Waals surface area contributed by atoms with E-state index in [1.807, 2.05) is 0 Å². The highest BCUT2D eigenvalue weighted by Gasteiger charge is 2.51. The van der Waals surface area contributed by atoms with Crippen molar-refractivity contribution in [3.63, 3.8) is 0 Å². The van der Waals surface area contributed by atoms with Crippen molar-refractivity contribution in [1.82, 2.24) is 4.90 Å². The van der Waals surface area contributed by atoms with Crippen LogP contribution in [0.5, 0.6) is 0 Å². The summed E-state index contributed by atoms with van der Waals surface area (Å²) < 4.78 is 17.6. The number of rotatable bonds is 3. The molecule has 0 bridgehead atoms. The van der Waals surface area contributed by atoms with Gasteiger partial charge in [0, 0.05) is 19.1 Å². The maximum absolute atomic E-state index is 10.9. The summed E-state index contributed by atoms with van der Waals surface area (Å²) >= 11 is 0. The molecule has 28 heavy (non-hydrogen) atoms. The van der Waals surface area contributed by atoms with Crippen molar-refractivity contribution >= 4 is 18.7 Å². The molecule has 2 fully saturated rings. The average Bonchev–Trinajstić information content (AvgIpc) is 3.12. The summed E-state index contributed by atoms with van der Waals surface area (Å²) in [6, 6.07) is 7.14. The Balaban J connectivity index is 1.39. The van der Waals surface area contributed by atoms with Gasteiger partial charge >= 0.3 is 13.2 Å². The van der Waals surface area contributed by atoms with Crippen molar-refractivity contribution in [2.24, 2.45) is 5.73 Å². The van der Waals surface area contributed by atoms with Gasteiger partial charge in [-0.1, -0.05) is 18.2 Å². The number of primary amides is 1. The van der Waals surface area contributed by atoms with E-state index in [1.165, 1.54) is 11.1 Å². The van der Waals surface area contributed by atoms with E-state index in [0.717, 1.165) is 44.2 Å². The number of carbonyl (C=O) groups excluding carboxylic acids is 1. The third kappa shape index (κ3) is 3.67. The molecule has 152 valence electrons. The topological polar surface area (TPSA) is 74.0 Å². The Morgan fingerprint density at radius 1 is 1.07 bits per heavy atom. The van der Waals surface area contributed by atoms with Gasteiger partial charge in [0.05, 0.1) is 11.2 Å². The maximum atomic E-state index is 10.9. The van der Waals surface area contributed by atoms with Crippen molar-refractivity contribution in [3.8, 4) is 0 Å². The Labute approximate surface area is 167 Å². The lowest BCUT2D eigenvalue weighted by atomic mass is 9.78. The SMILES string of the molecule is CC1(C)OB(c2ccc3c(c2)CN(C2CCC(OC(N)=O)CC2)C3)OC1(C)C. The molecule has 4 rings (SSSR count). The zero-order chi connectivity index (χ0) is 20.1. The van der Waals surface area contributed by atoms with E-state index < -0.39 is 6.09 Å². The molecule has 2 aliphatic heterocycles. The number of benzene rings is 1. The van der Waals surface area contributed by atoms with Crippen LogP contribution in [0.25, 0.3) is 0 Å². The van der Waals surface area contributed by atoms with Gasteiger partial charge in [-0.05, 0) is 70.0 Å². The normalized spacial score (nSPS) is 28.9. The molecule has 2 heterocycles. The Morgan fingerprint density at radius 3 is 2.29 bits per heavy atom. The fraction of sp³-hybridized carbons (Fsp3) is 0.667. The van der Waals surface area contributed by atoms with Gasteiger partial charge in [-0.3, -0.25) is 4.90 Å². The lowest BCUT2D eigenvalue weighted by molar-refractivity contribution is 0.00578. The number of hydrogen-bond acceptors (Lipinski definition) is 5. The highest BCUT2D eigenvalue weighted by molar-refractivity contribution is 6.62. The van der Waals surface area contributed by atoms with Crippen molar-refractivity contribution in [2.45, 2.75) is 89.8 Å². The summed E-state index contributed by atoms with van der Waals surface area (Å²) in [5, 5.41) is 0.